The molecule has 7 nitrogen and oxygen atoms in total. The van der Waals surface area contributed by atoms with Crippen molar-refractivity contribution in [3.63, 3.8) is 0 Å². The molecule has 2 heterocycles. The summed E-state index contributed by atoms with van der Waals surface area (Å²) in [5, 5.41) is 11.9. The van der Waals surface area contributed by atoms with Crippen molar-refractivity contribution in [3.8, 4) is 0 Å². The number of aryl methyl sites for hydroxylation is 1. The number of carbonyl (C=O) groups is 2. The number of pyridine rings is 1. The summed E-state index contributed by atoms with van der Waals surface area (Å²) in [6.45, 7) is 4.50. The number of hydrogen-bond acceptors (Lipinski definition) is 3. The van der Waals surface area contributed by atoms with Gasteiger partial charge in [0.25, 0.3) is 5.56 Å². The molecular weight excluding hydrogens is 346 g/mol. The summed E-state index contributed by atoms with van der Waals surface area (Å²) in [5.41, 5.74) is 1.07. The quantitative estimate of drug-likeness (QED) is 0.866. The fraction of sp³-hybridized carbons (Fsp3) is 0.350. The molecule has 2 amide bonds. The van der Waals surface area contributed by atoms with Crippen LogP contribution in [0.1, 0.15) is 24.5 Å². The summed E-state index contributed by atoms with van der Waals surface area (Å²) < 4.78 is 1.53. The average Bonchev–Trinajstić information content (AvgIpc) is 3.04. The van der Waals surface area contributed by atoms with Gasteiger partial charge in [0.1, 0.15) is 5.69 Å². The summed E-state index contributed by atoms with van der Waals surface area (Å²) in [5.74, 6) is -0.919. The monoisotopic (exact) mass is 369 g/mol. The highest BCUT2D eigenvalue weighted by Crippen LogP contribution is 2.30. The van der Waals surface area contributed by atoms with E-state index in [1.807, 2.05) is 31.2 Å². The Labute approximate surface area is 157 Å². The summed E-state index contributed by atoms with van der Waals surface area (Å²) in [4.78, 5) is 37.9. The van der Waals surface area contributed by atoms with Crippen LogP contribution in [0.15, 0.2) is 47.4 Å². The van der Waals surface area contributed by atoms with Crippen LogP contribution in [0.25, 0.3) is 0 Å². The van der Waals surface area contributed by atoms with Crippen molar-refractivity contribution < 1.29 is 14.7 Å². The van der Waals surface area contributed by atoms with Crippen LogP contribution in [0.5, 0.6) is 0 Å². The Kier molecular flexibility index (Phi) is 5.03. The van der Waals surface area contributed by atoms with E-state index in [0.717, 1.165) is 11.1 Å². The lowest BCUT2D eigenvalue weighted by atomic mass is 9.90. The lowest BCUT2D eigenvalue weighted by Gasteiger charge is -2.20. The van der Waals surface area contributed by atoms with Crippen molar-refractivity contribution in [2.45, 2.75) is 26.8 Å². The van der Waals surface area contributed by atoms with Gasteiger partial charge >= 0.3 is 12.0 Å². The van der Waals surface area contributed by atoms with Crippen molar-refractivity contribution in [1.29, 1.82) is 0 Å². The van der Waals surface area contributed by atoms with E-state index in [0.29, 0.717) is 19.5 Å². The molecule has 2 N–H and O–H groups in total. The topological polar surface area (TPSA) is 91.6 Å². The smallest absolute Gasteiger partial charge is 0.322 e. The number of likely N-dealkylation sites (tertiary alicyclic amines) is 1. The third-order valence-corrected chi connectivity index (χ3v) is 5.01. The van der Waals surface area contributed by atoms with Crippen molar-refractivity contribution in [1.82, 2.24) is 9.47 Å². The number of aromatic nitrogens is 1. The molecule has 1 aliphatic heterocycles. The zero-order valence-electron chi connectivity index (χ0n) is 15.4. The highest BCUT2D eigenvalue weighted by molar-refractivity contribution is 5.90. The molecule has 1 unspecified atom stereocenters. The van der Waals surface area contributed by atoms with Gasteiger partial charge in [-0.3, -0.25) is 9.59 Å². The van der Waals surface area contributed by atoms with E-state index in [4.69, 9.17) is 0 Å². The van der Waals surface area contributed by atoms with Crippen LogP contribution < -0.4 is 10.9 Å². The van der Waals surface area contributed by atoms with Gasteiger partial charge in [-0.1, -0.05) is 29.8 Å². The molecule has 0 radical (unpaired) electrons. The molecule has 3 rings (SSSR count). The van der Waals surface area contributed by atoms with Crippen LogP contribution in [0.3, 0.4) is 0 Å². The van der Waals surface area contributed by atoms with E-state index in [1.165, 1.54) is 9.47 Å². The van der Waals surface area contributed by atoms with Crippen LogP contribution in [0, 0.1) is 12.3 Å². The predicted molar refractivity (Wildman–Crippen MR) is 102 cm³/mol. The first-order valence-electron chi connectivity index (χ1n) is 8.83. The molecule has 0 aliphatic carbocycles. The second-order valence-corrected chi connectivity index (χ2v) is 7.31. The van der Waals surface area contributed by atoms with Crippen molar-refractivity contribution in [2.24, 2.45) is 5.41 Å². The minimum absolute atomic E-state index is 0.124. The first kappa shape index (κ1) is 18.7. The van der Waals surface area contributed by atoms with Gasteiger partial charge in [0.2, 0.25) is 0 Å². The van der Waals surface area contributed by atoms with Gasteiger partial charge in [0.15, 0.2) is 0 Å². The molecule has 1 atom stereocenters. The minimum atomic E-state index is -0.945. The van der Waals surface area contributed by atoms with Gasteiger partial charge in [-0.25, -0.2) is 4.79 Å². The molecule has 142 valence electrons. The highest BCUT2D eigenvalue weighted by Gasteiger charge is 2.42. The highest BCUT2D eigenvalue weighted by atomic mass is 16.4. The zero-order valence-corrected chi connectivity index (χ0v) is 15.4. The normalized spacial score (nSPS) is 19.1. The lowest BCUT2D eigenvalue weighted by molar-refractivity contribution is -0.146. The molecule has 1 aliphatic rings. The molecule has 27 heavy (non-hydrogen) atoms. The minimum Gasteiger partial charge on any atom is -0.481 e. The third-order valence-electron chi connectivity index (χ3n) is 5.01. The van der Waals surface area contributed by atoms with Gasteiger partial charge in [0.05, 0.1) is 12.0 Å². The maximum Gasteiger partial charge on any atom is 0.322 e. The molecule has 0 saturated carbocycles. The SMILES string of the molecule is Cc1ccc(Cn2cccc(NC(=O)N3CCC(C)(C(=O)O)C3)c2=O)cc1. The number of carboxylic acids is 1. The van der Waals surface area contributed by atoms with Gasteiger partial charge in [-0.15, -0.1) is 0 Å². The Balaban J connectivity index is 1.72. The van der Waals surface area contributed by atoms with Crippen molar-refractivity contribution >= 4 is 17.7 Å². The van der Waals surface area contributed by atoms with E-state index in [9.17, 15) is 19.5 Å². The first-order chi connectivity index (χ1) is 12.8. The number of amides is 2. The molecular formula is C20H23N3O4. The maximum atomic E-state index is 12.7. The largest absolute Gasteiger partial charge is 0.481 e. The Morgan fingerprint density at radius 1 is 1.22 bits per heavy atom. The first-order valence-corrected chi connectivity index (χ1v) is 8.83. The second-order valence-electron chi connectivity index (χ2n) is 7.31. The summed E-state index contributed by atoms with van der Waals surface area (Å²) in [6, 6.07) is 10.7. The number of urea groups is 1. The van der Waals surface area contributed by atoms with E-state index >= 15 is 0 Å². The molecule has 1 aromatic heterocycles. The summed E-state index contributed by atoms with van der Waals surface area (Å²) in [6.07, 6.45) is 2.07. The van der Waals surface area contributed by atoms with Crippen molar-refractivity contribution in [3.05, 3.63) is 64.1 Å². The van der Waals surface area contributed by atoms with Gasteiger partial charge in [-0.2, -0.15) is 0 Å². The maximum absolute atomic E-state index is 12.7. The van der Waals surface area contributed by atoms with Crippen LogP contribution in [-0.2, 0) is 11.3 Å². The Hall–Kier alpha value is -3.09. The van der Waals surface area contributed by atoms with Crippen molar-refractivity contribution in [2.75, 3.05) is 18.4 Å². The number of carbonyl (C=O) groups excluding carboxylic acids is 1. The molecule has 0 bridgehead atoms. The molecule has 2 aromatic rings. The summed E-state index contributed by atoms with van der Waals surface area (Å²) in [7, 11) is 0. The second kappa shape index (κ2) is 7.26. The van der Waals surface area contributed by atoms with Gasteiger partial charge < -0.3 is 19.9 Å². The molecule has 1 saturated heterocycles. The lowest BCUT2D eigenvalue weighted by Crippen LogP contribution is -2.38. The zero-order chi connectivity index (χ0) is 19.6. The van der Waals surface area contributed by atoms with E-state index in [-0.39, 0.29) is 17.8 Å². The number of rotatable bonds is 4. The standard InChI is InChI=1S/C20H23N3O4/c1-14-5-7-15(8-6-14)12-22-10-3-4-16(17(22)24)21-19(27)23-11-9-20(2,13-23)18(25)26/h3-8,10H,9,11-13H2,1-2H3,(H,21,27)(H,25,26). The molecule has 1 aromatic carbocycles. The molecule has 7 heteroatoms. The number of benzene rings is 1. The summed E-state index contributed by atoms with van der Waals surface area (Å²) >= 11 is 0. The molecule has 0 spiro atoms. The van der Waals surface area contributed by atoms with Crippen LogP contribution in [0.4, 0.5) is 10.5 Å². The number of hydrogen-bond donors (Lipinski definition) is 2. The van der Waals surface area contributed by atoms with E-state index in [1.54, 1.807) is 25.3 Å². The van der Waals surface area contributed by atoms with Gasteiger partial charge in [-0.05, 0) is 38.0 Å². The number of carboxylic acid groups (broad SMARTS) is 1. The number of anilines is 1. The Morgan fingerprint density at radius 3 is 2.56 bits per heavy atom. The fourth-order valence-corrected chi connectivity index (χ4v) is 3.15. The average molecular weight is 369 g/mol. The van der Waals surface area contributed by atoms with E-state index < -0.39 is 17.4 Å². The van der Waals surface area contributed by atoms with E-state index in [2.05, 4.69) is 5.32 Å². The Bertz CT molecular complexity index is 920. The van der Waals surface area contributed by atoms with Crippen LogP contribution in [0.2, 0.25) is 0 Å². The number of nitrogens with zero attached hydrogens (tertiary/aromatic N) is 2. The predicted octanol–water partition coefficient (Wildman–Crippen LogP) is 2.53. The Morgan fingerprint density at radius 2 is 1.93 bits per heavy atom. The van der Waals surface area contributed by atoms with Crippen LogP contribution in [-0.4, -0.2) is 39.7 Å². The van der Waals surface area contributed by atoms with Gasteiger partial charge in [0, 0.05) is 19.3 Å². The fourth-order valence-electron chi connectivity index (χ4n) is 3.15. The molecule has 1 fully saturated rings. The van der Waals surface area contributed by atoms with Crippen LogP contribution >= 0.6 is 0 Å². The number of aliphatic carboxylic acids is 1. The third kappa shape index (κ3) is 4.02. The number of nitrogens with one attached hydrogen (secondary N) is 1.